The molecule has 1 aromatic carbocycles. The van der Waals surface area contributed by atoms with E-state index in [0.29, 0.717) is 29.1 Å². The molecule has 1 aliphatic heterocycles. The van der Waals surface area contributed by atoms with Gasteiger partial charge in [0.2, 0.25) is 0 Å². The zero-order valence-corrected chi connectivity index (χ0v) is 14.3. The SMILES string of the molecule is COc1ccccc1NC(=O)c1cnn(C2CCS(=O)(=O)C2)c1C. The molecule has 1 saturated heterocycles. The summed E-state index contributed by atoms with van der Waals surface area (Å²) in [4.78, 5) is 12.5. The van der Waals surface area contributed by atoms with Crippen molar-refractivity contribution in [1.82, 2.24) is 9.78 Å². The van der Waals surface area contributed by atoms with Gasteiger partial charge in [-0.05, 0) is 25.5 Å². The molecule has 128 valence electrons. The molecule has 3 rings (SSSR count). The topological polar surface area (TPSA) is 90.3 Å². The standard InChI is InChI=1S/C16H19N3O4S/c1-11-13(9-17-19(11)12-7-8-24(21,22)10-12)16(20)18-14-5-3-4-6-15(14)23-2/h3-6,9,12H,7-8,10H2,1-2H3,(H,18,20). The van der Waals surface area contributed by atoms with Crippen LogP contribution in [-0.2, 0) is 9.84 Å². The highest BCUT2D eigenvalue weighted by Gasteiger charge is 2.31. The van der Waals surface area contributed by atoms with E-state index in [4.69, 9.17) is 4.74 Å². The molecule has 1 amide bonds. The first-order valence-corrected chi connectivity index (χ1v) is 9.42. The van der Waals surface area contributed by atoms with Gasteiger partial charge in [0.05, 0.1) is 42.1 Å². The number of hydrogen-bond acceptors (Lipinski definition) is 5. The lowest BCUT2D eigenvalue weighted by molar-refractivity contribution is 0.102. The Balaban J connectivity index is 1.82. The maximum absolute atomic E-state index is 12.5. The Morgan fingerprint density at radius 2 is 2.12 bits per heavy atom. The second-order valence-electron chi connectivity index (χ2n) is 5.80. The van der Waals surface area contributed by atoms with Crippen molar-refractivity contribution in [3.05, 3.63) is 41.7 Å². The molecule has 2 heterocycles. The van der Waals surface area contributed by atoms with E-state index in [1.165, 1.54) is 13.3 Å². The maximum atomic E-state index is 12.5. The number of anilines is 1. The lowest BCUT2D eigenvalue weighted by Crippen LogP contribution is -2.16. The van der Waals surface area contributed by atoms with Gasteiger partial charge in [0, 0.05) is 5.69 Å². The number of benzene rings is 1. The Hall–Kier alpha value is -2.35. The Morgan fingerprint density at radius 3 is 2.79 bits per heavy atom. The van der Waals surface area contributed by atoms with Crippen LogP contribution in [0.2, 0.25) is 0 Å². The van der Waals surface area contributed by atoms with Crippen molar-refractivity contribution in [3.63, 3.8) is 0 Å². The summed E-state index contributed by atoms with van der Waals surface area (Å²) in [6.07, 6.45) is 2.00. The molecule has 7 nitrogen and oxygen atoms in total. The van der Waals surface area contributed by atoms with Crippen molar-refractivity contribution >= 4 is 21.4 Å². The number of carbonyl (C=O) groups excluding carboxylic acids is 1. The molecule has 1 aliphatic rings. The number of aromatic nitrogens is 2. The van der Waals surface area contributed by atoms with Crippen molar-refractivity contribution in [2.24, 2.45) is 0 Å². The summed E-state index contributed by atoms with van der Waals surface area (Å²) < 4.78 is 30.1. The number of para-hydroxylation sites is 2. The van der Waals surface area contributed by atoms with Crippen LogP contribution >= 0.6 is 0 Å². The van der Waals surface area contributed by atoms with Gasteiger partial charge in [-0.15, -0.1) is 0 Å². The van der Waals surface area contributed by atoms with Crippen LogP contribution in [0.4, 0.5) is 5.69 Å². The molecular formula is C16H19N3O4S. The predicted octanol–water partition coefficient (Wildman–Crippen LogP) is 1.81. The molecule has 2 aromatic rings. The summed E-state index contributed by atoms with van der Waals surface area (Å²) in [5, 5.41) is 7.03. The molecule has 0 saturated carbocycles. The van der Waals surface area contributed by atoms with E-state index >= 15 is 0 Å². The Morgan fingerprint density at radius 1 is 1.38 bits per heavy atom. The molecule has 8 heteroatoms. The number of amides is 1. The monoisotopic (exact) mass is 349 g/mol. The second-order valence-corrected chi connectivity index (χ2v) is 8.03. The highest BCUT2D eigenvalue weighted by Crippen LogP contribution is 2.27. The highest BCUT2D eigenvalue weighted by atomic mass is 32.2. The first-order valence-electron chi connectivity index (χ1n) is 7.60. The summed E-state index contributed by atoms with van der Waals surface area (Å²) in [5.74, 6) is 0.505. The molecule has 1 unspecified atom stereocenters. The number of rotatable bonds is 4. The van der Waals surface area contributed by atoms with E-state index in [1.54, 1.807) is 29.8 Å². The van der Waals surface area contributed by atoms with Crippen LogP contribution in [-0.4, -0.2) is 42.7 Å². The van der Waals surface area contributed by atoms with E-state index < -0.39 is 9.84 Å². The highest BCUT2D eigenvalue weighted by molar-refractivity contribution is 7.91. The lowest BCUT2D eigenvalue weighted by atomic mass is 10.2. The zero-order valence-electron chi connectivity index (χ0n) is 13.5. The summed E-state index contributed by atoms with van der Waals surface area (Å²) in [7, 11) is -1.47. The number of nitrogens with zero attached hydrogens (tertiary/aromatic N) is 2. The van der Waals surface area contributed by atoms with Crippen molar-refractivity contribution in [2.75, 3.05) is 23.9 Å². The van der Waals surface area contributed by atoms with E-state index in [-0.39, 0.29) is 23.5 Å². The molecule has 1 aromatic heterocycles. The number of carbonyl (C=O) groups is 1. The van der Waals surface area contributed by atoms with Crippen molar-refractivity contribution < 1.29 is 17.9 Å². The van der Waals surface area contributed by atoms with Crippen LogP contribution in [0.5, 0.6) is 5.75 Å². The van der Waals surface area contributed by atoms with Gasteiger partial charge in [-0.3, -0.25) is 9.48 Å². The number of nitrogens with one attached hydrogen (secondary N) is 1. The zero-order chi connectivity index (χ0) is 17.3. The summed E-state index contributed by atoms with van der Waals surface area (Å²) in [6.45, 7) is 1.77. The first-order chi connectivity index (χ1) is 11.4. The van der Waals surface area contributed by atoms with Gasteiger partial charge in [-0.2, -0.15) is 5.10 Å². The van der Waals surface area contributed by atoms with Gasteiger partial charge < -0.3 is 10.1 Å². The molecule has 1 fully saturated rings. The molecule has 24 heavy (non-hydrogen) atoms. The summed E-state index contributed by atoms with van der Waals surface area (Å²) in [5.41, 5.74) is 1.65. The minimum absolute atomic E-state index is 0.0725. The molecule has 0 radical (unpaired) electrons. The quantitative estimate of drug-likeness (QED) is 0.909. The molecule has 1 atom stereocenters. The van der Waals surface area contributed by atoms with Crippen LogP contribution in [0, 0.1) is 6.92 Å². The number of ether oxygens (including phenoxy) is 1. The van der Waals surface area contributed by atoms with Gasteiger partial charge in [-0.25, -0.2) is 8.42 Å². The molecule has 0 spiro atoms. The van der Waals surface area contributed by atoms with Gasteiger partial charge >= 0.3 is 0 Å². The minimum Gasteiger partial charge on any atom is -0.495 e. The van der Waals surface area contributed by atoms with E-state index in [0.717, 1.165) is 0 Å². The van der Waals surface area contributed by atoms with E-state index in [1.807, 2.05) is 6.07 Å². The second kappa shape index (κ2) is 6.27. The molecule has 0 aliphatic carbocycles. The smallest absolute Gasteiger partial charge is 0.259 e. The van der Waals surface area contributed by atoms with Gasteiger partial charge in [0.15, 0.2) is 9.84 Å². The van der Waals surface area contributed by atoms with Crippen molar-refractivity contribution in [3.8, 4) is 5.75 Å². The largest absolute Gasteiger partial charge is 0.495 e. The van der Waals surface area contributed by atoms with Crippen LogP contribution in [0.1, 0.15) is 28.5 Å². The molecule has 1 N–H and O–H groups in total. The Labute approximate surface area is 140 Å². The van der Waals surface area contributed by atoms with E-state index in [2.05, 4.69) is 10.4 Å². The van der Waals surface area contributed by atoms with Crippen LogP contribution in [0.3, 0.4) is 0 Å². The third kappa shape index (κ3) is 3.14. The number of hydrogen-bond donors (Lipinski definition) is 1. The van der Waals surface area contributed by atoms with Gasteiger partial charge in [-0.1, -0.05) is 12.1 Å². The molecule has 0 bridgehead atoms. The average molecular weight is 349 g/mol. The van der Waals surface area contributed by atoms with Crippen LogP contribution in [0.15, 0.2) is 30.5 Å². The minimum atomic E-state index is -3.01. The third-order valence-electron chi connectivity index (χ3n) is 4.20. The first kappa shape index (κ1) is 16.5. The van der Waals surface area contributed by atoms with Crippen molar-refractivity contribution in [2.45, 2.75) is 19.4 Å². The lowest BCUT2D eigenvalue weighted by Gasteiger charge is -2.12. The summed E-state index contributed by atoms with van der Waals surface area (Å²) >= 11 is 0. The Bertz CT molecular complexity index is 873. The fraction of sp³-hybridized carbons (Fsp3) is 0.375. The predicted molar refractivity (Wildman–Crippen MR) is 90.2 cm³/mol. The Kier molecular flexibility index (Phi) is 4.31. The van der Waals surface area contributed by atoms with Crippen LogP contribution in [0.25, 0.3) is 0 Å². The third-order valence-corrected chi connectivity index (χ3v) is 5.95. The fourth-order valence-corrected chi connectivity index (χ4v) is 4.61. The normalized spacial score (nSPS) is 19.2. The van der Waals surface area contributed by atoms with Gasteiger partial charge in [0.1, 0.15) is 5.75 Å². The number of sulfone groups is 1. The van der Waals surface area contributed by atoms with Crippen molar-refractivity contribution in [1.29, 1.82) is 0 Å². The van der Waals surface area contributed by atoms with Crippen LogP contribution < -0.4 is 10.1 Å². The van der Waals surface area contributed by atoms with Gasteiger partial charge in [0.25, 0.3) is 5.91 Å². The molecular weight excluding hydrogens is 330 g/mol. The fourth-order valence-electron chi connectivity index (χ4n) is 2.92. The van der Waals surface area contributed by atoms with E-state index in [9.17, 15) is 13.2 Å². The summed E-state index contributed by atoms with van der Waals surface area (Å²) in [6, 6.07) is 6.92. The average Bonchev–Trinajstić information content (AvgIpc) is 3.10. The maximum Gasteiger partial charge on any atom is 0.259 e. The number of methoxy groups -OCH3 is 1.